The smallest absolute Gasteiger partial charge is 0.240 e. The second-order valence-electron chi connectivity index (χ2n) is 4.53. The van der Waals surface area contributed by atoms with Crippen molar-refractivity contribution < 1.29 is 9.26 Å². The maximum atomic E-state index is 5.38. The highest BCUT2D eigenvalue weighted by Crippen LogP contribution is 2.11. The van der Waals surface area contributed by atoms with Gasteiger partial charge in [-0.05, 0) is 12.5 Å². The van der Waals surface area contributed by atoms with Crippen LogP contribution in [0.25, 0.3) is 11.6 Å². The minimum absolute atomic E-state index is 0.223. The van der Waals surface area contributed by atoms with Crippen molar-refractivity contribution in [2.75, 3.05) is 19.8 Å². The molecule has 0 saturated carbocycles. The minimum Gasteiger partial charge on any atom is -0.378 e. The molecule has 3 heterocycles. The first-order chi connectivity index (χ1) is 9.31. The average Bonchev–Trinajstić information content (AvgIpc) is 2.89. The number of nitrogens with one attached hydrogen (secondary N) is 1. The fourth-order valence-corrected chi connectivity index (χ4v) is 1.90. The molecule has 100 valence electrons. The first-order valence-corrected chi connectivity index (χ1v) is 6.24. The lowest BCUT2D eigenvalue weighted by Gasteiger charge is -2.22. The lowest BCUT2D eigenvalue weighted by atomic mass is 10.2. The molecule has 19 heavy (non-hydrogen) atoms. The number of aryl methyl sites for hydroxylation is 1. The third-order valence-electron chi connectivity index (χ3n) is 2.87. The zero-order chi connectivity index (χ0) is 13.1. The summed E-state index contributed by atoms with van der Waals surface area (Å²) in [6.45, 7) is 4.20. The third-order valence-corrected chi connectivity index (χ3v) is 2.87. The van der Waals surface area contributed by atoms with Crippen LogP contribution in [0.15, 0.2) is 16.9 Å². The second-order valence-corrected chi connectivity index (χ2v) is 4.53. The molecule has 0 aliphatic carbocycles. The van der Waals surface area contributed by atoms with Crippen LogP contribution in [0.4, 0.5) is 0 Å². The number of hydrogen-bond donors (Lipinski definition) is 1. The van der Waals surface area contributed by atoms with Crippen LogP contribution < -0.4 is 5.32 Å². The van der Waals surface area contributed by atoms with Crippen molar-refractivity contribution in [3.05, 3.63) is 23.8 Å². The van der Waals surface area contributed by atoms with Crippen molar-refractivity contribution in [1.29, 1.82) is 0 Å². The van der Waals surface area contributed by atoms with Crippen molar-refractivity contribution >= 4 is 0 Å². The highest BCUT2D eigenvalue weighted by molar-refractivity contribution is 5.40. The van der Waals surface area contributed by atoms with Crippen molar-refractivity contribution in [2.45, 2.75) is 19.4 Å². The molecule has 3 rings (SSSR count). The van der Waals surface area contributed by atoms with Gasteiger partial charge in [0.15, 0.2) is 0 Å². The van der Waals surface area contributed by atoms with E-state index in [9.17, 15) is 0 Å². The van der Waals surface area contributed by atoms with Gasteiger partial charge in [0, 0.05) is 31.4 Å². The maximum absolute atomic E-state index is 5.38. The molecule has 1 aliphatic heterocycles. The van der Waals surface area contributed by atoms with Gasteiger partial charge in [-0.1, -0.05) is 5.16 Å². The maximum Gasteiger partial charge on any atom is 0.240 e. The summed E-state index contributed by atoms with van der Waals surface area (Å²) in [6.07, 6.45) is 4.11. The number of rotatable bonds is 3. The molecule has 0 radical (unpaired) electrons. The first kappa shape index (κ1) is 12.2. The zero-order valence-electron chi connectivity index (χ0n) is 10.7. The molecular formula is C12H15N5O2. The van der Waals surface area contributed by atoms with Gasteiger partial charge >= 0.3 is 0 Å². The van der Waals surface area contributed by atoms with E-state index in [1.807, 2.05) is 6.92 Å². The Balaban J connectivity index is 1.70. The Hall–Kier alpha value is -1.86. The molecule has 0 aromatic carbocycles. The summed E-state index contributed by atoms with van der Waals surface area (Å²) in [5, 5.41) is 7.24. The summed E-state index contributed by atoms with van der Waals surface area (Å²) in [6, 6.07) is 0.223. The molecule has 1 saturated heterocycles. The number of aromatic nitrogens is 4. The van der Waals surface area contributed by atoms with E-state index < -0.39 is 0 Å². The summed E-state index contributed by atoms with van der Waals surface area (Å²) < 4.78 is 10.6. The number of ether oxygens (including phenoxy) is 1. The first-order valence-electron chi connectivity index (χ1n) is 6.24. The zero-order valence-corrected chi connectivity index (χ0v) is 10.7. The van der Waals surface area contributed by atoms with Crippen molar-refractivity contribution in [3.63, 3.8) is 0 Å². The minimum atomic E-state index is 0.223. The molecule has 2 aromatic heterocycles. The second kappa shape index (κ2) is 5.41. The molecule has 1 N–H and O–H groups in total. The lowest BCUT2D eigenvalue weighted by Crippen LogP contribution is -2.42. The fourth-order valence-electron chi connectivity index (χ4n) is 1.90. The largest absolute Gasteiger partial charge is 0.378 e. The van der Waals surface area contributed by atoms with E-state index >= 15 is 0 Å². The summed E-state index contributed by atoms with van der Waals surface area (Å²) in [4.78, 5) is 12.7. The Bertz CT molecular complexity index is 533. The van der Waals surface area contributed by atoms with E-state index in [-0.39, 0.29) is 6.04 Å². The summed E-state index contributed by atoms with van der Waals surface area (Å²) >= 11 is 0. The molecule has 1 aliphatic rings. The van der Waals surface area contributed by atoms with Gasteiger partial charge in [0.25, 0.3) is 0 Å². The summed E-state index contributed by atoms with van der Waals surface area (Å²) in [7, 11) is 0. The Kier molecular flexibility index (Phi) is 3.47. The van der Waals surface area contributed by atoms with Gasteiger partial charge < -0.3 is 14.6 Å². The van der Waals surface area contributed by atoms with E-state index in [4.69, 9.17) is 9.26 Å². The quantitative estimate of drug-likeness (QED) is 0.854. The van der Waals surface area contributed by atoms with Crippen LogP contribution in [0, 0.1) is 6.92 Å². The van der Waals surface area contributed by atoms with Crippen LogP contribution in [-0.2, 0) is 11.2 Å². The predicted molar refractivity (Wildman–Crippen MR) is 66.4 cm³/mol. The van der Waals surface area contributed by atoms with Gasteiger partial charge in [-0.15, -0.1) is 0 Å². The van der Waals surface area contributed by atoms with E-state index in [0.29, 0.717) is 30.6 Å². The van der Waals surface area contributed by atoms with Gasteiger partial charge in [-0.25, -0.2) is 9.97 Å². The Morgan fingerprint density at radius 2 is 2.16 bits per heavy atom. The van der Waals surface area contributed by atoms with E-state index in [0.717, 1.165) is 18.7 Å². The normalized spacial score (nSPS) is 19.5. The molecule has 1 fully saturated rings. The van der Waals surface area contributed by atoms with Gasteiger partial charge in [0.1, 0.15) is 0 Å². The highest BCUT2D eigenvalue weighted by atomic mass is 16.5. The average molecular weight is 261 g/mol. The monoisotopic (exact) mass is 261 g/mol. The Labute approximate surface area is 110 Å². The van der Waals surface area contributed by atoms with Crippen molar-refractivity contribution in [2.24, 2.45) is 0 Å². The highest BCUT2D eigenvalue weighted by Gasteiger charge is 2.18. The number of nitrogens with zero attached hydrogens (tertiary/aromatic N) is 4. The lowest BCUT2D eigenvalue weighted by molar-refractivity contribution is 0.0744. The molecule has 1 unspecified atom stereocenters. The SMILES string of the molecule is Cc1cnc(-c2noc(CC3COCCN3)n2)nc1. The molecule has 0 spiro atoms. The van der Waals surface area contributed by atoms with Gasteiger partial charge in [-0.2, -0.15) is 4.98 Å². The molecule has 1 atom stereocenters. The van der Waals surface area contributed by atoms with E-state index in [1.54, 1.807) is 12.4 Å². The van der Waals surface area contributed by atoms with E-state index in [1.165, 1.54) is 0 Å². The predicted octanol–water partition coefficient (Wildman–Crippen LogP) is 0.366. The fraction of sp³-hybridized carbons (Fsp3) is 0.500. The molecular weight excluding hydrogens is 246 g/mol. The topological polar surface area (TPSA) is 86.0 Å². The van der Waals surface area contributed by atoms with Crippen molar-refractivity contribution in [1.82, 2.24) is 25.4 Å². The van der Waals surface area contributed by atoms with Crippen molar-refractivity contribution in [3.8, 4) is 11.6 Å². The van der Waals surface area contributed by atoms with Crippen LogP contribution >= 0.6 is 0 Å². The standard InChI is InChI=1S/C12H15N5O2/c1-8-5-14-11(15-6-8)12-16-10(19-17-12)4-9-7-18-3-2-13-9/h5-6,9,13H,2-4,7H2,1H3. The van der Waals surface area contributed by atoms with Gasteiger partial charge in [0.05, 0.1) is 13.2 Å². The van der Waals surface area contributed by atoms with Crippen LogP contribution in [0.3, 0.4) is 0 Å². The van der Waals surface area contributed by atoms with Gasteiger partial charge in [-0.3, -0.25) is 0 Å². The Morgan fingerprint density at radius 1 is 1.32 bits per heavy atom. The van der Waals surface area contributed by atoms with Crippen LogP contribution in [0.5, 0.6) is 0 Å². The van der Waals surface area contributed by atoms with Crippen LogP contribution in [-0.4, -0.2) is 45.9 Å². The molecule has 0 bridgehead atoms. The molecule has 2 aromatic rings. The third kappa shape index (κ3) is 2.94. The Morgan fingerprint density at radius 3 is 2.89 bits per heavy atom. The van der Waals surface area contributed by atoms with Crippen LogP contribution in [0.1, 0.15) is 11.5 Å². The van der Waals surface area contributed by atoms with Gasteiger partial charge in [0.2, 0.25) is 17.5 Å². The molecule has 0 amide bonds. The number of hydrogen-bond acceptors (Lipinski definition) is 7. The number of morpholine rings is 1. The summed E-state index contributed by atoms with van der Waals surface area (Å²) in [5.41, 5.74) is 0.996. The molecule has 7 nitrogen and oxygen atoms in total. The summed E-state index contributed by atoms with van der Waals surface area (Å²) in [5.74, 6) is 1.47. The molecule has 7 heteroatoms. The van der Waals surface area contributed by atoms with E-state index in [2.05, 4.69) is 25.4 Å². The van der Waals surface area contributed by atoms with Crippen LogP contribution in [0.2, 0.25) is 0 Å².